The molecule has 0 saturated carbocycles. The minimum atomic E-state index is -0.565. The summed E-state index contributed by atoms with van der Waals surface area (Å²) in [6.45, 7) is 8.52. The van der Waals surface area contributed by atoms with Crippen molar-refractivity contribution < 1.29 is 19.1 Å². The summed E-state index contributed by atoms with van der Waals surface area (Å²) in [5.41, 5.74) is 1.34. The van der Waals surface area contributed by atoms with Crippen LogP contribution in [0.5, 0.6) is 0 Å². The van der Waals surface area contributed by atoms with E-state index in [1.807, 2.05) is 55.1 Å². The van der Waals surface area contributed by atoms with E-state index in [1.54, 1.807) is 13.0 Å². The topological polar surface area (TPSA) is 91.8 Å². The first kappa shape index (κ1) is 25.2. The first-order valence-corrected chi connectivity index (χ1v) is 11.9. The number of nitrogens with zero attached hydrogens (tertiary/aromatic N) is 3. The molecular formula is C26H34N4O4. The van der Waals surface area contributed by atoms with Crippen LogP contribution in [0.4, 0.5) is 5.82 Å². The molecule has 1 saturated heterocycles. The van der Waals surface area contributed by atoms with Crippen molar-refractivity contribution in [3.63, 3.8) is 0 Å². The van der Waals surface area contributed by atoms with Crippen molar-refractivity contribution in [2.45, 2.75) is 39.7 Å². The fourth-order valence-corrected chi connectivity index (χ4v) is 3.99. The third-order valence-electron chi connectivity index (χ3n) is 5.85. The largest absolute Gasteiger partial charge is 0.462 e. The highest BCUT2D eigenvalue weighted by atomic mass is 16.5. The van der Waals surface area contributed by atoms with Crippen LogP contribution in [0.2, 0.25) is 0 Å². The van der Waals surface area contributed by atoms with Crippen molar-refractivity contribution in [1.82, 2.24) is 15.2 Å². The zero-order valence-electron chi connectivity index (χ0n) is 20.2. The number of nitrogens with one attached hydrogen (secondary N) is 1. The number of pyridine rings is 1. The fraction of sp³-hybridized carbons (Fsp3) is 0.462. The predicted octanol–water partition coefficient (Wildman–Crippen LogP) is 2.68. The summed E-state index contributed by atoms with van der Waals surface area (Å²) >= 11 is 0. The van der Waals surface area contributed by atoms with E-state index < -0.39 is 6.04 Å². The number of amides is 2. The lowest BCUT2D eigenvalue weighted by molar-refractivity contribution is -0.137. The highest BCUT2D eigenvalue weighted by Crippen LogP contribution is 2.16. The van der Waals surface area contributed by atoms with E-state index in [1.165, 1.54) is 6.20 Å². The normalized spacial score (nSPS) is 14.9. The number of hydrogen-bond acceptors (Lipinski definition) is 6. The Hall–Kier alpha value is -3.42. The Balaban J connectivity index is 1.59. The fourth-order valence-electron chi connectivity index (χ4n) is 3.99. The maximum Gasteiger partial charge on any atom is 0.339 e. The Labute approximate surface area is 201 Å². The van der Waals surface area contributed by atoms with Crippen molar-refractivity contribution in [2.24, 2.45) is 5.92 Å². The van der Waals surface area contributed by atoms with Crippen LogP contribution in [-0.2, 0) is 20.7 Å². The van der Waals surface area contributed by atoms with E-state index in [0.717, 1.165) is 24.3 Å². The molecule has 1 atom stereocenters. The summed E-state index contributed by atoms with van der Waals surface area (Å²) in [4.78, 5) is 46.2. The van der Waals surface area contributed by atoms with E-state index in [4.69, 9.17) is 4.74 Å². The molecule has 3 rings (SSSR count). The molecule has 34 heavy (non-hydrogen) atoms. The molecule has 1 N–H and O–H groups in total. The van der Waals surface area contributed by atoms with Gasteiger partial charge in [0, 0.05) is 32.4 Å². The second-order valence-electron chi connectivity index (χ2n) is 8.74. The third kappa shape index (κ3) is 6.79. The van der Waals surface area contributed by atoms with Gasteiger partial charge in [0.25, 0.3) is 0 Å². The van der Waals surface area contributed by atoms with Gasteiger partial charge in [-0.25, -0.2) is 9.78 Å². The summed E-state index contributed by atoms with van der Waals surface area (Å²) in [6.07, 6.45) is 2.56. The van der Waals surface area contributed by atoms with Crippen LogP contribution in [0.25, 0.3) is 0 Å². The lowest BCUT2D eigenvalue weighted by atomic mass is 10.0. The van der Waals surface area contributed by atoms with Gasteiger partial charge in [0.15, 0.2) is 0 Å². The number of ether oxygens (including phenoxy) is 1. The Morgan fingerprint density at radius 1 is 1.03 bits per heavy atom. The van der Waals surface area contributed by atoms with Gasteiger partial charge in [0.05, 0.1) is 18.6 Å². The molecule has 1 aliphatic heterocycles. The molecule has 2 heterocycles. The summed E-state index contributed by atoms with van der Waals surface area (Å²) in [6, 6.07) is 12.5. The number of carbonyl (C=O) groups excluding carboxylic acids is 3. The minimum Gasteiger partial charge on any atom is -0.462 e. The lowest BCUT2D eigenvalue weighted by Gasteiger charge is -2.29. The molecule has 2 amide bonds. The first-order valence-electron chi connectivity index (χ1n) is 11.9. The molecule has 8 nitrogen and oxygen atoms in total. The predicted molar refractivity (Wildman–Crippen MR) is 131 cm³/mol. The smallest absolute Gasteiger partial charge is 0.339 e. The van der Waals surface area contributed by atoms with Gasteiger partial charge in [0.2, 0.25) is 11.8 Å². The van der Waals surface area contributed by atoms with Crippen molar-refractivity contribution in [3.05, 3.63) is 59.8 Å². The van der Waals surface area contributed by atoms with Crippen LogP contribution in [0, 0.1) is 5.92 Å². The van der Waals surface area contributed by atoms with Crippen LogP contribution < -0.4 is 10.2 Å². The Kier molecular flexibility index (Phi) is 9.01. The summed E-state index contributed by atoms with van der Waals surface area (Å²) in [5.74, 6) is 0.148. The quantitative estimate of drug-likeness (QED) is 0.602. The maximum absolute atomic E-state index is 13.3. The van der Waals surface area contributed by atoms with Crippen LogP contribution >= 0.6 is 0 Å². The second kappa shape index (κ2) is 12.2. The lowest BCUT2D eigenvalue weighted by Crippen LogP contribution is -2.52. The number of aromatic nitrogens is 1. The molecule has 182 valence electrons. The first-order chi connectivity index (χ1) is 16.4. The monoisotopic (exact) mass is 466 g/mol. The van der Waals surface area contributed by atoms with Crippen molar-refractivity contribution in [1.29, 1.82) is 0 Å². The van der Waals surface area contributed by atoms with E-state index >= 15 is 0 Å². The van der Waals surface area contributed by atoms with Gasteiger partial charge in [-0.2, -0.15) is 0 Å². The SMILES string of the molecule is CCOC(=O)c1ccc(N2CCCN(C(=O)C(NC(=O)Cc3ccccc3)C(C)C)CC2)nc1. The Morgan fingerprint density at radius 3 is 2.44 bits per heavy atom. The molecular weight excluding hydrogens is 432 g/mol. The van der Waals surface area contributed by atoms with E-state index in [9.17, 15) is 14.4 Å². The van der Waals surface area contributed by atoms with Crippen LogP contribution in [0.1, 0.15) is 43.1 Å². The Bertz CT molecular complexity index is 963. The van der Waals surface area contributed by atoms with Gasteiger partial charge in [-0.15, -0.1) is 0 Å². The standard InChI is InChI=1S/C26H34N4O4/c1-4-34-26(33)21-11-12-22(27-18-21)29-13-8-14-30(16-15-29)25(32)24(19(2)3)28-23(31)17-20-9-6-5-7-10-20/h5-7,9-12,18-19,24H,4,8,13-17H2,1-3H3,(H,28,31). The number of hydrogen-bond donors (Lipinski definition) is 1. The van der Waals surface area contributed by atoms with Crippen LogP contribution in [-0.4, -0.2) is 66.5 Å². The maximum atomic E-state index is 13.3. The zero-order chi connectivity index (χ0) is 24.5. The average molecular weight is 467 g/mol. The van der Waals surface area contributed by atoms with Gasteiger partial charge in [-0.1, -0.05) is 44.2 Å². The molecule has 8 heteroatoms. The third-order valence-corrected chi connectivity index (χ3v) is 5.85. The molecule has 0 spiro atoms. The summed E-state index contributed by atoms with van der Waals surface area (Å²) < 4.78 is 5.01. The molecule has 2 aromatic rings. The summed E-state index contributed by atoms with van der Waals surface area (Å²) in [7, 11) is 0. The number of rotatable bonds is 8. The molecule has 0 aliphatic carbocycles. The van der Waals surface area contributed by atoms with E-state index in [0.29, 0.717) is 31.8 Å². The van der Waals surface area contributed by atoms with Gasteiger partial charge < -0.3 is 19.9 Å². The number of benzene rings is 1. The zero-order valence-corrected chi connectivity index (χ0v) is 20.2. The number of esters is 1. The molecule has 1 unspecified atom stereocenters. The summed E-state index contributed by atoms with van der Waals surface area (Å²) in [5, 5.41) is 2.95. The molecule has 0 bridgehead atoms. The van der Waals surface area contributed by atoms with Crippen LogP contribution in [0.3, 0.4) is 0 Å². The second-order valence-corrected chi connectivity index (χ2v) is 8.74. The van der Waals surface area contributed by atoms with E-state index in [-0.39, 0.29) is 30.1 Å². The van der Waals surface area contributed by atoms with E-state index in [2.05, 4.69) is 15.2 Å². The van der Waals surface area contributed by atoms with Gasteiger partial charge in [-0.05, 0) is 37.0 Å². The number of anilines is 1. The molecule has 0 radical (unpaired) electrons. The van der Waals surface area contributed by atoms with Gasteiger partial charge >= 0.3 is 5.97 Å². The van der Waals surface area contributed by atoms with Gasteiger partial charge in [-0.3, -0.25) is 9.59 Å². The average Bonchev–Trinajstić information content (AvgIpc) is 3.09. The van der Waals surface area contributed by atoms with Crippen LogP contribution in [0.15, 0.2) is 48.7 Å². The van der Waals surface area contributed by atoms with Crippen molar-refractivity contribution >= 4 is 23.6 Å². The highest BCUT2D eigenvalue weighted by molar-refractivity contribution is 5.89. The van der Waals surface area contributed by atoms with Gasteiger partial charge in [0.1, 0.15) is 11.9 Å². The van der Waals surface area contributed by atoms with Crippen molar-refractivity contribution in [2.75, 3.05) is 37.7 Å². The van der Waals surface area contributed by atoms with Crippen molar-refractivity contribution in [3.8, 4) is 0 Å². The molecule has 1 fully saturated rings. The highest BCUT2D eigenvalue weighted by Gasteiger charge is 2.30. The minimum absolute atomic E-state index is 0.0244. The number of carbonyl (C=O) groups is 3. The Morgan fingerprint density at radius 2 is 1.79 bits per heavy atom. The molecule has 1 aromatic heterocycles. The molecule has 1 aromatic carbocycles. The molecule has 1 aliphatic rings.